The van der Waals surface area contributed by atoms with Crippen molar-refractivity contribution in [1.29, 1.82) is 0 Å². The number of hydrogen-bond acceptors (Lipinski definition) is 7. The predicted octanol–water partition coefficient (Wildman–Crippen LogP) is 2.64. The Bertz CT molecular complexity index is 1300. The summed E-state index contributed by atoms with van der Waals surface area (Å²) in [5, 5.41) is 8.54. The lowest BCUT2D eigenvalue weighted by Gasteiger charge is -2.35. The summed E-state index contributed by atoms with van der Waals surface area (Å²) < 4.78 is 60.0. The molecular weight excluding hydrogens is 510 g/mol. The van der Waals surface area contributed by atoms with E-state index in [1.807, 2.05) is 10.00 Å². The number of halogens is 5. The number of alkyl halides is 3. The van der Waals surface area contributed by atoms with Gasteiger partial charge >= 0.3 is 6.18 Å². The van der Waals surface area contributed by atoms with Crippen LogP contribution >= 0.6 is 11.6 Å². The number of carbonyl (C=O) groups is 1. The molecule has 1 saturated heterocycles. The van der Waals surface area contributed by atoms with E-state index in [0.29, 0.717) is 32.0 Å². The Morgan fingerprint density at radius 2 is 1.97 bits per heavy atom. The van der Waals surface area contributed by atoms with Crippen molar-refractivity contribution in [1.82, 2.24) is 29.9 Å². The first-order valence-electron chi connectivity index (χ1n) is 11.0. The van der Waals surface area contributed by atoms with Crippen molar-refractivity contribution in [3.05, 3.63) is 45.3 Å². The van der Waals surface area contributed by atoms with Crippen molar-refractivity contribution >= 4 is 34.2 Å². The maximum Gasteiger partial charge on any atom is 0.435 e. The fourth-order valence-electron chi connectivity index (χ4n) is 3.94. The average molecular weight is 532 g/mol. The van der Waals surface area contributed by atoms with Crippen LogP contribution in [0.25, 0.3) is 10.9 Å². The number of rotatable bonds is 7. The molecule has 4 rings (SSSR count). The lowest BCUT2D eigenvalue weighted by molar-refractivity contribution is -0.140. The number of aromatic amines is 1. The molecule has 1 aliphatic rings. The van der Waals surface area contributed by atoms with Crippen molar-refractivity contribution in [2.45, 2.75) is 25.6 Å². The predicted molar refractivity (Wildman–Crippen MR) is 121 cm³/mol. The number of aromatic nitrogens is 5. The number of fused-ring (bicyclic) bond motifs is 1. The highest BCUT2D eigenvalue weighted by Gasteiger charge is 2.38. The molecule has 0 aromatic carbocycles. The van der Waals surface area contributed by atoms with Gasteiger partial charge in [0.25, 0.3) is 5.56 Å². The van der Waals surface area contributed by atoms with Crippen LogP contribution in [0.1, 0.15) is 25.1 Å². The molecule has 10 nitrogen and oxygen atoms in total. The van der Waals surface area contributed by atoms with E-state index >= 15 is 0 Å². The molecule has 194 valence electrons. The van der Waals surface area contributed by atoms with Crippen LogP contribution in [-0.4, -0.2) is 75.2 Å². The highest BCUT2D eigenvalue weighted by Crippen LogP contribution is 2.33. The van der Waals surface area contributed by atoms with Gasteiger partial charge in [-0.3, -0.25) is 14.3 Å². The van der Waals surface area contributed by atoms with Crippen LogP contribution in [0.3, 0.4) is 0 Å². The van der Waals surface area contributed by atoms with E-state index < -0.39 is 34.7 Å². The minimum absolute atomic E-state index is 0.0225. The Labute approximate surface area is 206 Å². The molecule has 0 spiro atoms. The number of nitrogens with one attached hydrogen (secondary N) is 1. The molecule has 0 saturated carbocycles. The largest absolute Gasteiger partial charge is 0.435 e. The third-order valence-electron chi connectivity index (χ3n) is 5.78. The Kier molecular flexibility index (Phi) is 7.45. The zero-order chi connectivity index (χ0) is 26.0. The van der Waals surface area contributed by atoms with Gasteiger partial charge in [0.2, 0.25) is 5.91 Å². The molecule has 1 fully saturated rings. The second-order valence-corrected chi connectivity index (χ2v) is 8.66. The van der Waals surface area contributed by atoms with Crippen LogP contribution in [0.5, 0.6) is 0 Å². The molecule has 1 unspecified atom stereocenters. The fourth-order valence-corrected chi connectivity index (χ4v) is 4.09. The highest BCUT2D eigenvalue weighted by atomic mass is 35.5. The smallest absolute Gasteiger partial charge is 0.379 e. The van der Waals surface area contributed by atoms with Crippen molar-refractivity contribution in [3.8, 4) is 0 Å². The number of H-pyrrole nitrogens is 1. The topological polar surface area (TPSA) is 109 Å². The summed E-state index contributed by atoms with van der Waals surface area (Å²) >= 11 is 5.81. The molecule has 1 amide bonds. The molecule has 1 atom stereocenters. The minimum atomic E-state index is -4.81. The van der Waals surface area contributed by atoms with Gasteiger partial charge in [-0.2, -0.15) is 23.4 Å². The normalized spacial score (nSPS) is 15.5. The first-order valence-corrected chi connectivity index (χ1v) is 11.4. The van der Waals surface area contributed by atoms with Gasteiger partial charge < -0.3 is 14.5 Å². The number of carbonyl (C=O) groups excluding carboxylic acids is 1. The van der Waals surface area contributed by atoms with Crippen molar-refractivity contribution in [2.24, 2.45) is 0 Å². The molecule has 15 heteroatoms. The van der Waals surface area contributed by atoms with E-state index in [-0.39, 0.29) is 36.1 Å². The summed E-state index contributed by atoms with van der Waals surface area (Å²) in [5.41, 5.74) is -2.34. The molecule has 3 aromatic rings. The lowest BCUT2D eigenvalue weighted by Crippen LogP contribution is -2.49. The zero-order valence-electron chi connectivity index (χ0n) is 19.1. The summed E-state index contributed by atoms with van der Waals surface area (Å²) in [6.45, 7) is 3.49. The first kappa shape index (κ1) is 25.8. The van der Waals surface area contributed by atoms with Gasteiger partial charge in [-0.05, 0) is 6.92 Å². The van der Waals surface area contributed by atoms with Crippen LogP contribution in [0.4, 0.5) is 23.4 Å². The monoisotopic (exact) mass is 531 g/mol. The summed E-state index contributed by atoms with van der Waals surface area (Å²) in [5.74, 6) is -0.203. The van der Waals surface area contributed by atoms with Crippen LogP contribution in [0.2, 0.25) is 5.02 Å². The van der Waals surface area contributed by atoms with E-state index in [9.17, 15) is 27.2 Å². The second-order valence-electron chi connectivity index (χ2n) is 8.25. The number of hydrogen-bond donors (Lipinski definition) is 1. The van der Waals surface area contributed by atoms with Crippen LogP contribution in [0.15, 0.2) is 23.3 Å². The average Bonchev–Trinajstić information content (AvgIpc) is 3.25. The SMILES string of the molecule is CC(COCCC(=O)N1CCN(c2cc(Cl)c(F)cn2)CC1)n1nc(C(F)(F)F)c2c(=O)[nH]ncc21. The summed E-state index contributed by atoms with van der Waals surface area (Å²) in [7, 11) is 0. The summed E-state index contributed by atoms with van der Waals surface area (Å²) in [6, 6.07) is 0.789. The molecule has 1 aliphatic heterocycles. The number of amides is 1. The van der Waals surface area contributed by atoms with Gasteiger partial charge in [0, 0.05) is 32.2 Å². The molecular formula is C21H22ClF4N7O3. The van der Waals surface area contributed by atoms with Gasteiger partial charge in [0.1, 0.15) is 11.2 Å². The molecule has 0 aliphatic carbocycles. The maximum absolute atomic E-state index is 13.4. The van der Waals surface area contributed by atoms with Gasteiger partial charge in [0.05, 0.1) is 48.6 Å². The Hall–Kier alpha value is -3.26. The van der Waals surface area contributed by atoms with Crippen LogP contribution < -0.4 is 10.5 Å². The Morgan fingerprint density at radius 1 is 1.25 bits per heavy atom. The van der Waals surface area contributed by atoms with Crippen molar-refractivity contribution in [2.75, 3.05) is 44.3 Å². The number of nitrogens with zero attached hydrogens (tertiary/aromatic N) is 6. The molecule has 0 bridgehead atoms. The molecule has 4 heterocycles. The fraction of sp³-hybridized carbons (Fsp3) is 0.476. The number of pyridine rings is 1. The van der Waals surface area contributed by atoms with Gasteiger partial charge in [0.15, 0.2) is 11.5 Å². The van der Waals surface area contributed by atoms with E-state index in [1.54, 1.807) is 11.8 Å². The maximum atomic E-state index is 13.4. The second kappa shape index (κ2) is 10.4. The molecule has 3 aromatic heterocycles. The van der Waals surface area contributed by atoms with Crippen LogP contribution in [-0.2, 0) is 15.7 Å². The van der Waals surface area contributed by atoms with Crippen molar-refractivity contribution in [3.63, 3.8) is 0 Å². The third kappa shape index (κ3) is 5.43. The molecule has 1 N–H and O–H groups in total. The van der Waals surface area contributed by atoms with E-state index in [4.69, 9.17) is 16.3 Å². The quantitative estimate of drug-likeness (QED) is 0.369. The zero-order valence-corrected chi connectivity index (χ0v) is 19.8. The third-order valence-corrected chi connectivity index (χ3v) is 6.07. The van der Waals surface area contributed by atoms with Gasteiger partial charge in [-0.15, -0.1) is 0 Å². The summed E-state index contributed by atoms with van der Waals surface area (Å²) in [4.78, 5) is 32.1. The minimum Gasteiger partial charge on any atom is -0.379 e. The van der Waals surface area contributed by atoms with Gasteiger partial charge in [-0.25, -0.2) is 14.5 Å². The number of anilines is 1. The van der Waals surface area contributed by atoms with E-state index in [1.165, 1.54) is 6.07 Å². The lowest BCUT2D eigenvalue weighted by atomic mass is 10.2. The highest BCUT2D eigenvalue weighted by molar-refractivity contribution is 6.30. The van der Waals surface area contributed by atoms with E-state index in [2.05, 4.69) is 15.2 Å². The first-order chi connectivity index (χ1) is 17.1. The van der Waals surface area contributed by atoms with Crippen molar-refractivity contribution < 1.29 is 27.1 Å². The number of ether oxygens (including phenoxy) is 1. The standard InChI is InChI=1S/C21H22ClF4N7O3/c1-12(33-15-10-28-29-20(35)18(15)19(30-33)21(24,25)26)11-36-7-2-17(34)32-5-3-31(4-6-32)16-8-13(22)14(23)9-27-16/h8-10,12H,2-7,11H2,1H3,(H,29,35). The molecule has 0 radical (unpaired) electrons. The Balaban J connectivity index is 1.28. The van der Waals surface area contributed by atoms with Gasteiger partial charge in [-0.1, -0.05) is 11.6 Å². The summed E-state index contributed by atoms with van der Waals surface area (Å²) in [6.07, 6.45) is -2.57. The van der Waals surface area contributed by atoms with Crippen LogP contribution in [0, 0.1) is 5.82 Å². The number of piperazine rings is 1. The van der Waals surface area contributed by atoms with E-state index in [0.717, 1.165) is 17.1 Å². The molecule has 36 heavy (non-hydrogen) atoms. The Morgan fingerprint density at radius 3 is 2.64 bits per heavy atom.